The van der Waals surface area contributed by atoms with Crippen LogP contribution in [0.15, 0.2) is 72.8 Å². The van der Waals surface area contributed by atoms with E-state index in [1.54, 1.807) is 17.0 Å². The number of nitrogens with zero attached hydrogens (tertiary/aromatic N) is 1. The zero-order valence-corrected chi connectivity index (χ0v) is 18.3. The number of amides is 1. The Balaban J connectivity index is 1.76. The van der Waals surface area contributed by atoms with Gasteiger partial charge in [0.1, 0.15) is 17.1 Å². The van der Waals surface area contributed by atoms with Crippen molar-refractivity contribution >= 4 is 11.9 Å². The average Bonchev–Trinajstić information content (AvgIpc) is 2.79. The molecule has 0 heterocycles. The third-order valence-electron chi connectivity index (χ3n) is 4.90. The highest BCUT2D eigenvalue weighted by molar-refractivity contribution is 5.91. The van der Waals surface area contributed by atoms with Crippen LogP contribution < -0.4 is 9.47 Å². The van der Waals surface area contributed by atoms with Crippen molar-refractivity contribution in [1.29, 1.82) is 0 Å². The monoisotopic (exact) mass is 433 g/mol. The van der Waals surface area contributed by atoms with Gasteiger partial charge in [0.25, 0.3) is 5.91 Å². The van der Waals surface area contributed by atoms with Gasteiger partial charge in [-0.25, -0.2) is 4.79 Å². The standard InChI is InChI=1S/C26H27NO5/c1-3-31-22-12-10-21(11-13-22)17-27(16-20-7-5-4-6-8-20)25(28)18-32-24-15-19(2)9-14-23(24)26(29)30/h4-15H,3,16-18H2,1-2H3,(H,29,30). The van der Waals surface area contributed by atoms with Crippen LogP contribution in [0.3, 0.4) is 0 Å². The molecule has 0 saturated carbocycles. The lowest BCUT2D eigenvalue weighted by atomic mass is 10.1. The number of carboxylic acid groups (broad SMARTS) is 1. The van der Waals surface area contributed by atoms with E-state index in [1.807, 2.05) is 68.4 Å². The summed E-state index contributed by atoms with van der Waals surface area (Å²) in [6.45, 7) is 4.91. The molecule has 3 aromatic rings. The normalized spacial score (nSPS) is 10.4. The molecule has 3 aromatic carbocycles. The molecular formula is C26H27NO5. The van der Waals surface area contributed by atoms with Gasteiger partial charge in [0.15, 0.2) is 6.61 Å². The summed E-state index contributed by atoms with van der Waals surface area (Å²) >= 11 is 0. The number of carbonyl (C=O) groups is 2. The minimum atomic E-state index is -1.09. The third kappa shape index (κ3) is 6.35. The first kappa shape index (κ1) is 22.9. The van der Waals surface area contributed by atoms with Gasteiger partial charge in [-0.15, -0.1) is 0 Å². The fourth-order valence-corrected chi connectivity index (χ4v) is 3.27. The Labute approximate surface area is 188 Å². The van der Waals surface area contributed by atoms with Crippen molar-refractivity contribution in [1.82, 2.24) is 4.90 Å². The maximum atomic E-state index is 13.1. The molecule has 32 heavy (non-hydrogen) atoms. The molecule has 0 atom stereocenters. The highest BCUT2D eigenvalue weighted by Crippen LogP contribution is 2.21. The summed E-state index contributed by atoms with van der Waals surface area (Å²) in [5.74, 6) is -0.365. The molecular weight excluding hydrogens is 406 g/mol. The lowest BCUT2D eigenvalue weighted by molar-refractivity contribution is -0.134. The van der Waals surface area contributed by atoms with Gasteiger partial charge in [-0.2, -0.15) is 0 Å². The van der Waals surface area contributed by atoms with Crippen molar-refractivity contribution in [3.63, 3.8) is 0 Å². The van der Waals surface area contributed by atoms with E-state index in [0.717, 1.165) is 22.4 Å². The van der Waals surface area contributed by atoms with Gasteiger partial charge in [-0.3, -0.25) is 4.79 Å². The van der Waals surface area contributed by atoms with E-state index < -0.39 is 5.97 Å². The van der Waals surface area contributed by atoms with E-state index in [9.17, 15) is 14.7 Å². The molecule has 1 N–H and O–H groups in total. The maximum absolute atomic E-state index is 13.1. The van der Waals surface area contributed by atoms with E-state index in [0.29, 0.717) is 19.7 Å². The number of carboxylic acids is 1. The Hall–Kier alpha value is -3.80. The van der Waals surface area contributed by atoms with Crippen molar-refractivity contribution in [2.24, 2.45) is 0 Å². The number of aryl methyl sites for hydroxylation is 1. The number of rotatable bonds is 10. The molecule has 6 nitrogen and oxygen atoms in total. The van der Waals surface area contributed by atoms with Crippen LogP contribution in [0.2, 0.25) is 0 Å². The molecule has 0 aliphatic rings. The topological polar surface area (TPSA) is 76.1 Å². The van der Waals surface area contributed by atoms with Crippen molar-refractivity contribution in [2.45, 2.75) is 26.9 Å². The summed E-state index contributed by atoms with van der Waals surface area (Å²) < 4.78 is 11.1. The second-order valence-corrected chi connectivity index (χ2v) is 7.41. The smallest absolute Gasteiger partial charge is 0.339 e. The lowest BCUT2D eigenvalue weighted by Crippen LogP contribution is -2.34. The van der Waals surface area contributed by atoms with Crippen LogP contribution in [-0.4, -0.2) is 35.1 Å². The molecule has 0 radical (unpaired) electrons. The van der Waals surface area contributed by atoms with Crippen LogP contribution in [0.1, 0.15) is 34.0 Å². The largest absolute Gasteiger partial charge is 0.494 e. The average molecular weight is 434 g/mol. The number of hydrogen-bond acceptors (Lipinski definition) is 4. The summed E-state index contributed by atoms with van der Waals surface area (Å²) in [5.41, 5.74) is 2.84. The predicted octanol–water partition coefficient (Wildman–Crippen LogP) is 4.70. The van der Waals surface area contributed by atoms with Crippen molar-refractivity contribution < 1.29 is 24.2 Å². The summed E-state index contributed by atoms with van der Waals surface area (Å²) in [6.07, 6.45) is 0. The van der Waals surface area contributed by atoms with E-state index in [1.165, 1.54) is 6.07 Å². The fourth-order valence-electron chi connectivity index (χ4n) is 3.27. The van der Waals surface area contributed by atoms with Gasteiger partial charge in [-0.05, 0) is 54.8 Å². The summed E-state index contributed by atoms with van der Waals surface area (Å²) in [4.78, 5) is 26.3. The fraction of sp³-hybridized carbons (Fsp3) is 0.231. The van der Waals surface area contributed by atoms with Crippen LogP contribution in [0, 0.1) is 6.92 Å². The second kappa shape index (κ2) is 11.0. The van der Waals surface area contributed by atoms with E-state index in [-0.39, 0.29) is 23.8 Å². The predicted molar refractivity (Wildman–Crippen MR) is 122 cm³/mol. The van der Waals surface area contributed by atoms with Crippen molar-refractivity contribution in [2.75, 3.05) is 13.2 Å². The van der Waals surface area contributed by atoms with Gasteiger partial charge in [-0.1, -0.05) is 48.5 Å². The van der Waals surface area contributed by atoms with Crippen LogP contribution in [-0.2, 0) is 17.9 Å². The first-order chi connectivity index (χ1) is 15.5. The molecule has 0 spiro atoms. The third-order valence-corrected chi connectivity index (χ3v) is 4.90. The van der Waals surface area contributed by atoms with Gasteiger partial charge in [0, 0.05) is 13.1 Å². The molecule has 6 heteroatoms. The number of benzene rings is 3. The zero-order valence-electron chi connectivity index (χ0n) is 18.3. The molecule has 166 valence electrons. The Morgan fingerprint density at radius 1 is 0.875 bits per heavy atom. The Morgan fingerprint density at radius 2 is 1.53 bits per heavy atom. The molecule has 0 bridgehead atoms. The zero-order chi connectivity index (χ0) is 22.9. The van der Waals surface area contributed by atoms with Gasteiger partial charge >= 0.3 is 5.97 Å². The minimum Gasteiger partial charge on any atom is -0.494 e. The molecule has 0 unspecified atom stereocenters. The number of hydrogen-bond donors (Lipinski definition) is 1. The molecule has 0 saturated heterocycles. The highest BCUT2D eigenvalue weighted by Gasteiger charge is 2.18. The van der Waals surface area contributed by atoms with Crippen LogP contribution in [0.5, 0.6) is 11.5 Å². The summed E-state index contributed by atoms with van der Waals surface area (Å²) in [7, 11) is 0. The minimum absolute atomic E-state index is 0.0320. The summed E-state index contributed by atoms with van der Waals surface area (Å²) in [5, 5.41) is 9.40. The van der Waals surface area contributed by atoms with Gasteiger partial charge in [0.05, 0.1) is 6.61 Å². The summed E-state index contributed by atoms with van der Waals surface area (Å²) in [6, 6.07) is 22.1. The second-order valence-electron chi connectivity index (χ2n) is 7.41. The van der Waals surface area contributed by atoms with Crippen molar-refractivity contribution in [3.05, 3.63) is 95.1 Å². The Morgan fingerprint density at radius 3 is 2.16 bits per heavy atom. The van der Waals surface area contributed by atoms with Gasteiger partial charge in [0.2, 0.25) is 0 Å². The molecule has 0 aromatic heterocycles. The van der Waals surface area contributed by atoms with E-state index in [2.05, 4.69) is 0 Å². The molecule has 0 aliphatic heterocycles. The van der Waals surface area contributed by atoms with Crippen LogP contribution >= 0.6 is 0 Å². The first-order valence-corrected chi connectivity index (χ1v) is 10.5. The van der Waals surface area contributed by atoms with E-state index in [4.69, 9.17) is 9.47 Å². The number of carbonyl (C=O) groups excluding carboxylic acids is 1. The Bertz CT molecular complexity index is 1050. The van der Waals surface area contributed by atoms with Crippen molar-refractivity contribution in [3.8, 4) is 11.5 Å². The van der Waals surface area contributed by atoms with E-state index >= 15 is 0 Å². The van der Waals surface area contributed by atoms with Gasteiger partial charge < -0.3 is 19.5 Å². The molecule has 3 rings (SSSR count). The quantitative estimate of drug-likeness (QED) is 0.502. The lowest BCUT2D eigenvalue weighted by Gasteiger charge is -2.23. The molecule has 0 fully saturated rings. The number of ether oxygens (including phenoxy) is 2. The SMILES string of the molecule is CCOc1ccc(CN(Cc2ccccc2)C(=O)COc2cc(C)ccc2C(=O)O)cc1. The number of aromatic carboxylic acids is 1. The van der Waals surface area contributed by atoms with Crippen LogP contribution in [0.4, 0.5) is 0 Å². The highest BCUT2D eigenvalue weighted by atomic mass is 16.5. The molecule has 1 amide bonds. The Kier molecular flexibility index (Phi) is 7.86. The molecule has 0 aliphatic carbocycles. The van der Waals surface area contributed by atoms with Crippen LogP contribution in [0.25, 0.3) is 0 Å². The maximum Gasteiger partial charge on any atom is 0.339 e. The first-order valence-electron chi connectivity index (χ1n) is 10.5.